The third-order valence-electron chi connectivity index (χ3n) is 10.5. The summed E-state index contributed by atoms with van der Waals surface area (Å²) in [5, 5.41) is 11.4. The Balaban J connectivity index is 1.21. The van der Waals surface area contributed by atoms with Gasteiger partial charge in [-0.2, -0.15) is 0 Å². The topological polar surface area (TPSA) is 51.8 Å². The molecule has 11 rings (SSSR count). The fourth-order valence-electron chi connectivity index (χ4n) is 8.00. The highest BCUT2D eigenvalue weighted by Gasteiger charge is 2.21. The molecule has 0 fully saturated rings. The number of furan rings is 1. The first kappa shape index (κ1) is 29.5. The number of aromatic nitrogens is 3. The van der Waals surface area contributed by atoms with E-state index >= 15 is 0 Å². The van der Waals surface area contributed by atoms with Crippen LogP contribution >= 0.6 is 0 Å². The molecule has 9 aromatic carbocycles. The summed E-state index contributed by atoms with van der Waals surface area (Å²) < 4.78 is 6.93. The van der Waals surface area contributed by atoms with Crippen LogP contribution in [0.1, 0.15) is 0 Å². The van der Waals surface area contributed by atoms with Crippen LogP contribution in [0.2, 0.25) is 0 Å². The predicted octanol–water partition coefficient (Wildman–Crippen LogP) is 13.1. The zero-order chi connectivity index (χ0) is 34.9. The molecule has 0 aliphatic rings. The van der Waals surface area contributed by atoms with E-state index in [1.807, 2.05) is 60.7 Å². The largest absolute Gasteiger partial charge is 0.455 e. The van der Waals surface area contributed by atoms with Gasteiger partial charge in [0.15, 0.2) is 17.5 Å². The minimum atomic E-state index is 0.635. The van der Waals surface area contributed by atoms with Crippen molar-refractivity contribution in [3.63, 3.8) is 0 Å². The van der Waals surface area contributed by atoms with Crippen LogP contribution in [0.5, 0.6) is 0 Å². The molecule has 0 aliphatic heterocycles. The van der Waals surface area contributed by atoms with E-state index in [0.717, 1.165) is 76.7 Å². The van der Waals surface area contributed by atoms with E-state index in [2.05, 4.69) is 115 Å². The standard InChI is InChI=1S/C49H29N3O/c1-3-14-31(15-4-1)47-50-48(32-16-5-2-6-17-32)52-49(51-47)40-24-12-21-37-38(40)22-11-23-39(37)41-28-35-26-25-30-13-9-10-20-36(30)44(35)46-45(41)42-27-33-18-7-8-19-34(33)29-43(42)53-46/h1-29H. The van der Waals surface area contributed by atoms with Crippen LogP contribution in [0.15, 0.2) is 180 Å². The van der Waals surface area contributed by atoms with Gasteiger partial charge in [0, 0.05) is 32.8 Å². The summed E-state index contributed by atoms with van der Waals surface area (Å²) in [4.78, 5) is 15.1. The Bertz CT molecular complexity index is 3160. The van der Waals surface area contributed by atoms with Gasteiger partial charge in [-0.25, -0.2) is 15.0 Å². The van der Waals surface area contributed by atoms with Crippen molar-refractivity contribution < 1.29 is 4.42 Å². The van der Waals surface area contributed by atoms with Gasteiger partial charge >= 0.3 is 0 Å². The van der Waals surface area contributed by atoms with Crippen molar-refractivity contribution in [1.29, 1.82) is 0 Å². The molecule has 4 nitrogen and oxygen atoms in total. The molecule has 53 heavy (non-hydrogen) atoms. The molecule has 246 valence electrons. The molecule has 0 atom stereocenters. The quantitative estimate of drug-likeness (QED) is 0.174. The van der Waals surface area contributed by atoms with Crippen molar-refractivity contribution in [1.82, 2.24) is 15.0 Å². The van der Waals surface area contributed by atoms with Gasteiger partial charge in [0.05, 0.1) is 0 Å². The van der Waals surface area contributed by atoms with Gasteiger partial charge in [0.2, 0.25) is 0 Å². The molecule has 0 amide bonds. The number of fused-ring (bicyclic) bond motifs is 9. The van der Waals surface area contributed by atoms with Crippen LogP contribution in [-0.4, -0.2) is 15.0 Å². The fraction of sp³-hybridized carbons (Fsp3) is 0. The van der Waals surface area contributed by atoms with Crippen molar-refractivity contribution in [2.75, 3.05) is 0 Å². The second-order valence-corrected chi connectivity index (χ2v) is 13.6. The lowest BCUT2D eigenvalue weighted by molar-refractivity contribution is 0.673. The van der Waals surface area contributed by atoms with Crippen LogP contribution in [-0.2, 0) is 0 Å². The molecule has 0 bridgehead atoms. The van der Waals surface area contributed by atoms with Gasteiger partial charge in [-0.1, -0.05) is 158 Å². The minimum absolute atomic E-state index is 0.635. The van der Waals surface area contributed by atoms with E-state index in [0.29, 0.717) is 17.5 Å². The molecule has 2 aromatic heterocycles. The van der Waals surface area contributed by atoms with Gasteiger partial charge in [-0.3, -0.25) is 0 Å². The van der Waals surface area contributed by atoms with E-state index in [1.54, 1.807) is 0 Å². The number of rotatable bonds is 4. The molecular weight excluding hydrogens is 647 g/mol. The summed E-state index contributed by atoms with van der Waals surface area (Å²) in [6.07, 6.45) is 0. The van der Waals surface area contributed by atoms with Crippen molar-refractivity contribution in [3.8, 4) is 45.3 Å². The second-order valence-electron chi connectivity index (χ2n) is 13.6. The molecule has 0 unspecified atom stereocenters. The van der Waals surface area contributed by atoms with Crippen LogP contribution in [0.25, 0.3) is 110 Å². The van der Waals surface area contributed by atoms with Crippen LogP contribution in [0, 0.1) is 0 Å². The van der Waals surface area contributed by atoms with E-state index in [9.17, 15) is 0 Å². The highest BCUT2D eigenvalue weighted by molar-refractivity contribution is 6.29. The molecule has 2 heterocycles. The lowest BCUT2D eigenvalue weighted by Gasteiger charge is -2.14. The molecule has 0 N–H and O–H groups in total. The summed E-state index contributed by atoms with van der Waals surface area (Å²) in [6, 6.07) is 61.6. The van der Waals surface area contributed by atoms with E-state index < -0.39 is 0 Å². The number of hydrogen-bond donors (Lipinski definition) is 0. The third-order valence-corrected chi connectivity index (χ3v) is 10.5. The lowest BCUT2D eigenvalue weighted by Crippen LogP contribution is -2.00. The highest BCUT2D eigenvalue weighted by Crippen LogP contribution is 2.46. The van der Waals surface area contributed by atoms with Crippen LogP contribution < -0.4 is 0 Å². The average molecular weight is 676 g/mol. The Labute approximate surface area is 304 Å². The first-order valence-electron chi connectivity index (χ1n) is 17.9. The van der Waals surface area contributed by atoms with Gasteiger partial charge < -0.3 is 4.42 Å². The lowest BCUT2D eigenvalue weighted by atomic mass is 9.89. The SMILES string of the molecule is c1ccc(-c2nc(-c3ccccc3)nc(-c3cccc4c(-c5cc6ccc7ccccc7c6c6oc7cc8ccccc8cc7c56)cccc34)n2)cc1. The molecule has 0 aliphatic carbocycles. The number of hydrogen-bond acceptors (Lipinski definition) is 4. The van der Waals surface area contributed by atoms with Gasteiger partial charge in [0.25, 0.3) is 0 Å². The molecule has 0 saturated carbocycles. The van der Waals surface area contributed by atoms with E-state index in [1.165, 1.54) is 16.2 Å². The summed E-state index contributed by atoms with van der Waals surface area (Å²) in [6.45, 7) is 0. The first-order valence-corrected chi connectivity index (χ1v) is 17.9. The van der Waals surface area contributed by atoms with Crippen LogP contribution in [0.4, 0.5) is 0 Å². The van der Waals surface area contributed by atoms with Crippen molar-refractivity contribution in [3.05, 3.63) is 176 Å². The Morgan fingerprint density at radius 2 is 0.868 bits per heavy atom. The van der Waals surface area contributed by atoms with Crippen LogP contribution in [0.3, 0.4) is 0 Å². The predicted molar refractivity (Wildman–Crippen MR) is 219 cm³/mol. The van der Waals surface area contributed by atoms with Gasteiger partial charge in [-0.15, -0.1) is 0 Å². The summed E-state index contributed by atoms with van der Waals surface area (Å²) >= 11 is 0. The summed E-state index contributed by atoms with van der Waals surface area (Å²) in [5.41, 5.74) is 6.89. The number of nitrogens with zero attached hydrogens (tertiary/aromatic N) is 3. The Morgan fingerprint density at radius 3 is 1.58 bits per heavy atom. The molecule has 0 radical (unpaired) electrons. The zero-order valence-electron chi connectivity index (χ0n) is 28.5. The molecule has 0 saturated heterocycles. The first-order chi connectivity index (χ1) is 26.3. The summed E-state index contributed by atoms with van der Waals surface area (Å²) in [7, 11) is 0. The number of benzene rings is 9. The van der Waals surface area contributed by atoms with Gasteiger partial charge in [0.1, 0.15) is 11.2 Å². The van der Waals surface area contributed by atoms with Gasteiger partial charge in [-0.05, 0) is 67.0 Å². The maximum Gasteiger partial charge on any atom is 0.164 e. The van der Waals surface area contributed by atoms with E-state index in [4.69, 9.17) is 19.4 Å². The zero-order valence-corrected chi connectivity index (χ0v) is 28.5. The average Bonchev–Trinajstić information content (AvgIpc) is 3.60. The second kappa shape index (κ2) is 11.7. The van der Waals surface area contributed by atoms with Crippen molar-refractivity contribution in [2.24, 2.45) is 0 Å². The Hall–Kier alpha value is -7.17. The molecule has 4 heteroatoms. The molecular formula is C49H29N3O. The maximum absolute atomic E-state index is 6.93. The maximum atomic E-state index is 6.93. The third kappa shape index (κ3) is 4.73. The fourth-order valence-corrected chi connectivity index (χ4v) is 8.00. The Morgan fingerprint density at radius 1 is 0.321 bits per heavy atom. The Kier molecular flexibility index (Phi) is 6.52. The smallest absolute Gasteiger partial charge is 0.164 e. The minimum Gasteiger partial charge on any atom is -0.455 e. The normalized spacial score (nSPS) is 11.8. The molecule has 11 aromatic rings. The monoisotopic (exact) mass is 675 g/mol. The highest BCUT2D eigenvalue weighted by atomic mass is 16.3. The van der Waals surface area contributed by atoms with E-state index in [-0.39, 0.29) is 0 Å². The summed E-state index contributed by atoms with van der Waals surface area (Å²) in [5.74, 6) is 1.92. The van der Waals surface area contributed by atoms with Crippen molar-refractivity contribution >= 4 is 65.0 Å². The van der Waals surface area contributed by atoms with Crippen molar-refractivity contribution in [2.45, 2.75) is 0 Å². The molecule has 0 spiro atoms.